The van der Waals surface area contributed by atoms with Gasteiger partial charge in [-0.15, -0.1) is 0 Å². The zero-order valence-corrected chi connectivity index (χ0v) is 15.3. The van der Waals surface area contributed by atoms with Crippen molar-refractivity contribution < 1.29 is 4.74 Å². The van der Waals surface area contributed by atoms with Crippen molar-refractivity contribution in [2.45, 2.75) is 64.3 Å². The second-order valence-corrected chi connectivity index (χ2v) is 7.07. The molecule has 23 heavy (non-hydrogen) atoms. The van der Waals surface area contributed by atoms with Crippen molar-refractivity contribution in [2.24, 2.45) is 5.73 Å². The zero-order chi connectivity index (χ0) is 16.5. The number of benzene rings is 1. The molecule has 3 heteroatoms. The van der Waals surface area contributed by atoms with Crippen molar-refractivity contribution in [2.75, 3.05) is 12.4 Å². The fourth-order valence-electron chi connectivity index (χ4n) is 3.12. The van der Waals surface area contributed by atoms with Crippen molar-refractivity contribution in [3.8, 4) is 5.75 Å². The van der Waals surface area contributed by atoms with Gasteiger partial charge < -0.3 is 10.5 Å². The monoisotopic (exact) mass is 333 g/mol. The van der Waals surface area contributed by atoms with Crippen molar-refractivity contribution >= 4 is 18.2 Å². The van der Waals surface area contributed by atoms with E-state index in [1.807, 2.05) is 0 Å². The number of unbranched alkanes of at least 4 members (excludes halogenated alkanes) is 5. The first kappa shape index (κ1) is 18.4. The molecular formula is C20H31NOS. The molecule has 0 fully saturated rings. The average molecular weight is 334 g/mol. The topological polar surface area (TPSA) is 35.2 Å². The Morgan fingerprint density at radius 2 is 1.87 bits per heavy atom. The minimum atomic E-state index is 0.208. The van der Waals surface area contributed by atoms with E-state index in [1.54, 1.807) is 0 Å². The Hall–Kier alpha value is -0.930. The Labute approximate surface area is 146 Å². The summed E-state index contributed by atoms with van der Waals surface area (Å²) in [4.78, 5) is 0. The summed E-state index contributed by atoms with van der Waals surface area (Å²) in [5.74, 6) is 2.01. The van der Waals surface area contributed by atoms with Crippen LogP contribution in [0.2, 0.25) is 0 Å². The maximum absolute atomic E-state index is 5.95. The predicted molar refractivity (Wildman–Crippen MR) is 103 cm³/mol. The lowest BCUT2D eigenvalue weighted by molar-refractivity contribution is 0.304. The standard InChI is InChI=1S/C20H31NOS/c1-16(21)14-18-9-8-17-10-11-19(15-20(17)18)22-12-6-4-2-3-5-7-13-23/h9-11,15-16,23H,2-8,12-14,21H2,1H3. The van der Waals surface area contributed by atoms with E-state index in [9.17, 15) is 0 Å². The van der Waals surface area contributed by atoms with Crippen LogP contribution in [0.1, 0.15) is 63.0 Å². The van der Waals surface area contributed by atoms with Crippen LogP contribution in [0.5, 0.6) is 5.75 Å². The van der Waals surface area contributed by atoms with Gasteiger partial charge in [0.1, 0.15) is 5.75 Å². The predicted octanol–water partition coefficient (Wildman–Crippen LogP) is 5.01. The van der Waals surface area contributed by atoms with Crippen LogP contribution < -0.4 is 10.5 Å². The first-order chi connectivity index (χ1) is 11.2. The Balaban J connectivity index is 1.72. The van der Waals surface area contributed by atoms with E-state index < -0.39 is 0 Å². The van der Waals surface area contributed by atoms with E-state index in [0.29, 0.717) is 0 Å². The van der Waals surface area contributed by atoms with Gasteiger partial charge in [-0.3, -0.25) is 0 Å². The molecule has 0 spiro atoms. The molecule has 0 heterocycles. The molecule has 1 atom stereocenters. The molecule has 2 rings (SSSR count). The molecule has 0 saturated carbocycles. The van der Waals surface area contributed by atoms with Crippen molar-refractivity contribution in [3.05, 3.63) is 35.4 Å². The number of allylic oxidation sites excluding steroid dienone is 1. The molecule has 128 valence electrons. The van der Waals surface area contributed by atoms with Gasteiger partial charge in [0, 0.05) is 6.04 Å². The van der Waals surface area contributed by atoms with Crippen LogP contribution in [0, 0.1) is 0 Å². The van der Waals surface area contributed by atoms with Crippen LogP contribution in [-0.2, 0) is 6.42 Å². The number of thiol groups is 1. The highest BCUT2D eigenvalue weighted by molar-refractivity contribution is 7.80. The van der Waals surface area contributed by atoms with E-state index >= 15 is 0 Å². The molecule has 1 unspecified atom stereocenters. The summed E-state index contributed by atoms with van der Waals surface area (Å²) in [6, 6.07) is 6.71. The van der Waals surface area contributed by atoms with Gasteiger partial charge in [-0.05, 0) is 67.2 Å². The Kier molecular flexibility index (Phi) is 8.04. The maximum atomic E-state index is 5.95. The molecule has 1 aliphatic carbocycles. The molecule has 2 N–H and O–H groups in total. The highest BCUT2D eigenvalue weighted by Crippen LogP contribution is 2.33. The molecule has 1 aromatic rings. The van der Waals surface area contributed by atoms with E-state index in [1.165, 1.54) is 48.8 Å². The minimum absolute atomic E-state index is 0.208. The summed E-state index contributed by atoms with van der Waals surface area (Å²) in [5, 5.41) is 0. The van der Waals surface area contributed by atoms with Crippen molar-refractivity contribution in [3.63, 3.8) is 0 Å². The van der Waals surface area contributed by atoms with Crippen LogP contribution in [0.15, 0.2) is 24.3 Å². The summed E-state index contributed by atoms with van der Waals surface area (Å²) >= 11 is 4.24. The first-order valence-electron chi connectivity index (χ1n) is 9.02. The van der Waals surface area contributed by atoms with Crippen LogP contribution >= 0.6 is 12.6 Å². The number of hydrogen-bond donors (Lipinski definition) is 2. The summed E-state index contributed by atoms with van der Waals surface area (Å²) < 4.78 is 5.94. The fourth-order valence-corrected chi connectivity index (χ4v) is 3.34. The Morgan fingerprint density at radius 1 is 1.13 bits per heavy atom. The fraction of sp³-hybridized carbons (Fsp3) is 0.600. The molecule has 2 nitrogen and oxygen atoms in total. The average Bonchev–Trinajstić information content (AvgIpc) is 2.92. The third kappa shape index (κ3) is 6.23. The number of ether oxygens (including phenoxy) is 1. The second kappa shape index (κ2) is 10.0. The van der Waals surface area contributed by atoms with Gasteiger partial charge in [0.2, 0.25) is 0 Å². The van der Waals surface area contributed by atoms with Crippen LogP contribution in [0.25, 0.3) is 5.57 Å². The third-order valence-electron chi connectivity index (χ3n) is 4.36. The lowest BCUT2D eigenvalue weighted by atomic mass is 10.0. The molecule has 0 amide bonds. The lowest BCUT2D eigenvalue weighted by Gasteiger charge is -2.12. The molecule has 0 aliphatic heterocycles. The van der Waals surface area contributed by atoms with Crippen LogP contribution in [0.3, 0.4) is 0 Å². The van der Waals surface area contributed by atoms with Gasteiger partial charge in [-0.25, -0.2) is 0 Å². The van der Waals surface area contributed by atoms with Gasteiger partial charge in [0.25, 0.3) is 0 Å². The number of fused-ring (bicyclic) bond motifs is 1. The summed E-state index contributed by atoms with van der Waals surface area (Å²) in [6.07, 6.45) is 11.9. The third-order valence-corrected chi connectivity index (χ3v) is 4.67. The second-order valence-electron chi connectivity index (χ2n) is 6.63. The smallest absolute Gasteiger partial charge is 0.119 e. The van der Waals surface area contributed by atoms with E-state index in [4.69, 9.17) is 10.5 Å². The SMILES string of the molecule is CC(N)CC1=CCc2ccc(OCCCCCCCCS)cc21. The highest BCUT2D eigenvalue weighted by atomic mass is 32.1. The maximum Gasteiger partial charge on any atom is 0.119 e. The van der Waals surface area contributed by atoms with Gasteiger partial charge in [-0.1, -0.05) is 37.8 Å². The molecule has 0 radical (unpaired) electrons. The molecule has 0 saturated heterocycles. The van der Waals surface area contributed by atoms with Crippen LogP contribution in [0.4, 0.5) is 0 Å². The normalized spacial score (nSPS) is 14.5. The molecule has 1 aliphatic rings. The highest BCUT2D eigenvalue weighted by Gasteiger charge is 2.15. The number of rotatable bonds is 11. The van der Waals surface area contributed by atoms with Crippen molar-refractivity contribution in [1.29, 1.82) is 0 Å². The Bertz CT molecular complexity index is 510. The molecule has 0 aromatic heterocycles. The minimum Gasteiger partial charge on any atom is -0.494 e. The first-order valence-corrected chi connectivity index (χ1v) is 9.65. The largest absolute Gasteiger partial charge is 0.494 e. The van der Waals surface area contributed by atoms with Crippen LogP contribution in [-0.4, -0.2) is 18.4 Å². The molecular weight excluding hydrogens is 302 g/mol. The van der Waals surface area contributed by atoms with E-state index in [-0.39, 0.29) is 6.04 Å². The zero-order valence-electron chi connectivity index (χ0n) is 14.4. The van der Waals surface area contributed by atoms with Gasteiger partial charge in [0.05, 0.1) is 6.61 Å². The summed E-state index contributed by atoms with van der Waals surface area (Å²) in [5.41, 5.74) is 10.1. The molecule has 1 aromatic carbocycles. The Morgan fingerprint density at radius 3 is 2.61 bits per heavy atom. The van der Waals surface area contributed by atoms with Gasteiger partial charge in [-0.2, -0.15) is 12.6 Å². The molecule has 0 bridgehead atoms. The summed E-state index contributed by atoms with van der Waals surface area (Å²) in [7, 11) is 0. The summed E-state index contributed by atoms with van der Waals surface area (Å²) in [6.45, 7) is 2.88. The van der Waals surface area contributed by atoms with Gasteiger partial charge in [0.15, 0.2) is 0 Å². The van der Waals surface area contributed by atoms with Crippen molar-refractivity contribution in [1.82, 2.24) is 0 Å². The number of hydrogen-bond acceptors (Lipinski definition) is 3. The number of nitrogens with two attached hydrogens (primary N) is 1. The quantitative estimate of drug-likeness (QED) is 0.441. The van der Waals surface area contributed by atoms with E-state index in [2.05, 4.69) is 43.8 Å². The van der Waals surface area contributed by atoms with Gasteiger partial charge >= 0.3 is 0 Å². The van der Waals surface area contributed by atoms with E-state index in [0.717, 1.165) is 37.4 Å². The lowest BCUT2D eigenvalue weighted by Crippen LogP contribution is -2.14.